The Labute approximate surface area is 159 Å². The summed E-state index contributed by atoms with van der Waals surface area (Å²) in [6.07, 6.45) is 5.32. The summed E-state index contributed by atoms with van der Waals surface area (Å²) >= 11 is 0. The molecule has 1 aliphatic rings. The summed E-state index contributed by atoms with van der Waals surface area (Å²) < 4.78 is 11.3. The van der Waals surface area contributed by atoms with Crippen LogP contribution in [0.4, 0.5) is 5.69 Å². The number of nitrogens with two attached hydrogens (primary N) is 1. The minimum Gasteiger partial charge on any atom is -0.492 e. The number of esters is 1. The summed E-state index contributed by atoms with van der Waals surface area (Å²) in [6, 6.07) is 5.54. The SMILES string of the molecule is CCOC(=O)c1c(C)nc2cccc(OCC3(CO)CCCCC3)c2c1N. The molecule has 0 saturated heterocycles. The van der Waals surface area contributed by atoms with E-state index in [9.17, 15) is 9.90 Å². The summed E-state index contributed by atoms with van der Waals surface area (Å²) in [7, 11) is 0. The van der Waals surface area contributed by atoms with Crippen LogP contribution in [0.2, 0.25) is 0 Å². The van der Waals surface area contributed by atoms with Crippen molar-refractivity contribution in [1.29, 1.82) is 0 Å². The maximum atomic E-state index is 12.3. The molecule has 0 amide bonds. The molecule has 1 aromatic heterocycles. The van der Waals surface area contributed by atoms with Gasteiger partial charge < -0.3 is 20.3 Å². The van der Waals surface area contributed by atoms with E-state index in [0.717, 1.165) is 25.7 Å². The summed E-state index contributed by atoms with van der Waals surface area (Å²) in [5.41, 5.74) is 7.97. The molecular weight excluding hydrogens is 344 g/mol. The second kappa shape index (κ2) is 8.13. The molecule has 2 aromatic rings. The van der Waals surface area contributed by atoms with Gasteiger partial charge in [0.15, 0.2) is 0 Å². The van der Waals surface area contributed by atoms with Gasteiger partial charge in [0.05, 0.1) is 42.1 Å². The molecule has 27 heavy (non-hydrogen) atoms. The highest BCUT2D eigenvalue weighted by atomic mass is 16.5. The van der Waals surface area contributed by atoms with Gasteiger partial charge >= 0.3 is 5.97 Å². The second-order valence-electron chi connectivity index (χ2n) is 7.36. The molecule has 1 saturated carbocycles. The van der Waals surface area contributed by atoms with Gasteiger partial charge in [-0.3, -0.25) is 4.98 Å². The van der Waals surface area contributed by atoms with Crippen LogP contribution in [-0.4, -0.2) is 35.9 Å². The number of anilines is 1. The normalized spacial score (nSPS) is 16.3. The number of aryl methyl sites for hydroxylation is 1. The number of hydrogen-bond acceptors (Lipinski definition) is 6. The van der Waals surface area contributed by atoms with Crippen LogP contribution in [0.1, 0.15) is 55.1 Å². The number of fused-ring (bicyclic) bond motifs is 1. The summed E-state index contributed by atoms with van der Waals surface area (Å²) in [5, 5.41) is 10.5. The Morgan fingerprint density at radius 1 is 1.30 bits per heavy atom. The molecule has 0 atom stereocenters. The molecule has 0 radical (unpaired) electrons. The van der Waals surface area contributed by atoms with Crippen molar-refractivity contribution < 1.29 is 19.4 Å². The molecule has 0 bridgehead atoms. The quantitative estimate of drug-likeness (QED) is 0.752. The van der Waals surface area contributed by atoms with Gasteiger partial charge in [-0.1, -0.05) is 25.3 Å². The maximum absolute atomic E-state index is 12.3. The first kappa shape index (κ1) is 19.4. The lowest BCUT2D eigenvalue weighted by Crippen LogP contribution is -2.34. The van der Waals surface area contributed by atoms with Crippen molar-refractivity contribution in [3.05, 3.63) is 29.5 Å². The largest absolute Gasteiger partial charge is 0.492 e. The Hall–Kier alpha value is -2.34. The fraction of sp³-hybridized carbons (Fsp3) is 0.524. The number of benzene rings is 1. The van der Waals surface area contributed by atoms with Crippen molar-refractivity contribution in [3.63, 3.8) is 0 Å². The molecule has 146 valence electrons. The highest BCUT2D eigenvalue weighted by Crippen LogP contribution is 2.38. The Morgan fingerprint density at radius 2 is 2.04 bits per heavy atom. The van der Waals surface area contributed by atoms with Crippen molar-refractivity contribution in [2.75, 3.05) is 25.6 Å². The molecule has 0 unspecified atom stereocenters. The van der Waals surface area contributed by atoms with E-state index in [4.69, 9.17) is 15.2 Å². The third-order valence-corrected chi connectivity index (χ3v) is 5.46. The zero-order valence-corrected chi connectivity index (χ0v) is 16.1. The molecular formula is C21H28N2O4. The molecule has 1 aromatic carbocycles. The molecule has 1 aliphatic carbocycles. The predicted molar refractivity (Wildman–Crippen MR) is 105 cm³/mol. The Balaban J connectivity index is 1.98. The van der Waals surface area contributed by atoms with E-state index in [0.29, 0.717) is 34.6 Å². The van der Waals surface area contributed by atoms with Crippen molar-refractivity contribution in [2.45, 2.75) is 46.0 Å². The fourth-order valence-corrected chi connectivity index (χ4v) is 3.90. The molecule has 3 rings (SSSR count). The number of rotatable bonds is 6. The zero-order valence-electron chi connectivity index (χ0n) is 16.1. The fourth-order valence-electron chi connectivity index (χ4n) is 3.90. The summed E-state index contributed by atoms with van der Waals surface area (Å²) in [6.45, 7) is 4.31. The minimum absolute atomic E-state index is 0.110. The highest BCUT2D eigenvalue weighted by molar-refractivity contribution is 6.07. The minimum atomic E-state index is -0.476. The predicted octanol–water partition coefficient (Wildman–Crippen LogP) is 3.62. The van der Waals surface area contributed by atoms with Gasteiger partial charge in [0.2, 0.25) is 0 Å². The first-order valence-electron chi connectivity index (χ1n) is 9.61. The number of aromatic nitrogens is 1. The van der Waals surface area contributed by atoms with E-state index in [1.807, 2.05) is 18.2 Å². The number of aliphatic hydroxyl groups excluding tert-OH is 1. The van der Waals surface area contributed by atoms with Crippen LogP contribution in [0.25, 0.3) is 10.9 Å². The highest BCUT2D eigenvalue weighted by Gasteiger charge is 2.32. The number of pyridine rings is 1. The van der Waals surface area contributed by atoms with E-state index in [1.165, 1.54) is 6.42 Å². The van der Waals surface area contributed by atoms with Gasteiger partial charge in [-0.2, -0.15) is 0 Å². The molecule has 0 aliphatic heterocycles. The van der Waals surface area contributed by atoms with E-state index in [1.54, 1.807) is 13.8 Å². The standard InChI is InChI=1S/C21H28N2O4/c1-3-26-20(25)17-14(2)23-15-8-7-9-16(18(15)19(17)22)27-13-21(12-24)10-5-4-6-11-21/h7-9,24H,3-6,10-13H2,1-2H3,(H2,22,23). The monoisotopic (exact) mass is 372 g/mol. The van der Waals surface area contributed by atoms with Gasteiger partial charge in [0.25, 0.3) is 0 Å². The van der Waals surface area contributed by atoms with Crippen LogP contribution >= 0.6 is 0 Å². The van der Waals surface area contributed by atoms with Crippen LogP contribution in [0.15, 0.2) is 18.2 Å². The Bertz CT molecular complexity index is 829. The lowest BCUT2D eigenvalue weighted by molar-refractivity contribution is 0.0338. The van der Waals surface area contributed by atoms with Gasteiger partial charge in [-0.25, -0.2) is 4.79 Å². The first-order chi connectivity index (χ1) is 13.0. The lowest BCUT2D eigenvalue weighted by atomic mass is 9.75. The third kappa shape index (κ3) is 3.86. The number of ether oxygens (including phenoxy) is 2. The van der Waals surface area contributed by atoms with E-state index < -0.39 is 5.97 Å². The first-order valence-corrected chi connectivity index (χ1v) is 9.61. The van der Waals surface area contributed by atoms with Crippen LogP contribution in [0, 0.1) is 12.3 Å². The molecule has 6 heteroatoms. The topological polar surface area (TPSA) is 94.7 Å². The lowest BCUT2D eigenvalue weighted by Gasteiger charge is -2.35. The van der Waals surface area contributed by atoms with Crippen molar-refractivity contribution in [1.82, 2.24) is 4.98 Å². The van der Waals surface area contributed by atoms with Crippen molar-refractivity contribution in [2.24, 2.45) is 5.41 Å². The summed E-state index contributed by atoms with van der Waals surface area (Å²) in [4.78, 5) is 16.9. The number of hydrogen-bond donors (Lipinski definition) is 2. The van der Waals surface area contributed by atoms with Crippen LogP contribution in [-0.2, 0) is 4.74 Å². The second-order valence-corrected chi connectivity index (χ2v) is 7.36. The van der Waals surface area contributed by atoms with Gasteiger partial charge in [0, 0.05) is 5.41 Å². The van der Waals surface area contributed by atoms with Gasteiger partial charge in [0.1, 0.15) is 11.3 Å². The van der Waals surface area contributed by atoms with E-state index in [2.05, 4.69) is 4.98 Å². The number of nitrogen functional groups attached to an aromatic ring is 1. The van der Waals surface area contributed by atoms with E-state index in [-0.39, 0.29) is 24.2 Å². The maximum Gasteiger partial charge on any atom is 0.342 e. The number of nitrogens with zero attached hydrogens (tertiary/aromatic N) is 1. The molecule has 6 nitrogen and oxygen atoms in total. The van der Waals surface area contributed by atoms with Crippen LogP contribution in [0.5, 0.6) is 5.75 Å². The Morgan fingerprint density at radius 3 is 2.70 bits per heavy atom. The third-order valence-electron chi connectivity index (χ3n) is 5.46. The number of carbonyl (C=O) groups is 1. The van der Waals surface area contributed by atoms with E-state index >= 15 is 0 Å². The average molecular weight is 372 g/mol. The van der Waals surface area contributed by atoms with Gasteiger partial charge in [-0.15, -0.1) is 0 Å². The van der Waals surface area contributed by atoms with Crippen LogP contribution < -0.4 is 10.5 Å². The smallest absolute Gasteiger partial charge is 0.342 e. The molecule has 1 fully saturated rings. The average Bonchev–Trinajstić information content (AvgIpc) is 2.67. The zero-order chi connectivity index (χ0) is 19.4. The Kier molecular flexibility index (Phi) is 5.85. The van der Waals surface area contributed by atoms with Crippen molar-refractivity contribution in [3.8, 4) is 5.75 Å². The van der Waals surface area contributed by atoms with Crippen LogP contribution in [0.3, 0.4) is 0 Å². The number of carbonyl (C=O) groups excluding carboxylic acids is 1. The number of aliphatic hydroxyl groups is 1. The molecule has 0 spiro atoms. The summed E-state index contributed by atoms with van der Waals surface area (Å²) in [5.74, 6) is 0.109. The molecule has 1 heterocycles. The van der Waals surface area contributed by atoms with Crippen molar-refractivity contribution >= 4 is 22.6 Å². The molecule has 3 N–H and O–H groups in total. The van der Waals surface area contributed by atoms with Gasteiger partial charge in [-0.05, 0) is 38.8 Å².